The monoisotopic (exact) mass is 269 g/mol. The predicted molar refractivity (Wildman–Crippen MR) is 77.9 cm³/mol. The molecule has 2 aromatic carbocycles. The Bertz CT molecular complexity index is 720. The fraction of sp³-hybridized carbons (Fsp3) is 0.188. The van der Waals surface area contributed by atoms with Gasteiger partial charge >= 0.3 is 0 Å². The molecule has 0 spiro atoms. The number of aromatic nitrogens is 2. The number of likely N-dealkylation sites (N-methyl/N-ethyl adjacent to an activating group) is 1. The number of halogens is 1. The van der Waals surface area contributed by atoms with Crippen LogP contribution in [0.15, 0.2) is 54.9 Å². The van der Waals surface area contributed by atoms with Crippen molar-refractivity contribution >= 4 is 11.0 Å². The number of benzene rings is 2. The summed E-state index contributed by atoms with van der Waals surface area (Å²) >= 11 is 0. The molecule has 1 unspecified atom stereocenters. The zero-order chi connectivity index (χ0) is 13.9. The van der Waals surface area contributed by atoms with E-state index in [-0.39, 0.29) is 11.9 Å². The third-order valence-electron chi connectivity index (χ3n) is 3.51. The molecule has 0 aliphatic heterocycles. The predicted octanol–water partition coefficient (Wildman–Crippen LogP) is 3.14. The summed E-state index contributed by atoms with van der Waals surface area (Å²) in [6.45, 7) is 0.709. The van der Waals surface area contributed by atoms with Crippen molar-refractivity contribution in [1.82, 2.24) is 14.9 Å². The first kappa shape index (κ1) is 12.8. The van der Waals surface area contributed by atoms with Gasteiger partial charge in [-0.2, -0.15) is 0 Å². The lowest BCUT2D eigenvalue weighted by molar-refractivity contribution is 0.504. The van der Waals surface area contributed by atoms with Gasteiger partial charge in [0.15, 0.2) is 0 Å². The maximum absolute atomic E-state index is 13.3. The molecule has 3 aromatic rings. The number of para-hydroxylation sites is 2. The van der Waals surface area contributed by atoms with Crippen LogP contribution in [0.25, 0.3) is 11.0 Å². The number of hydrogen-bond acceptors (Lipinski definition) is 2. The van der Waals surface area contributed by atoms with Crippen molar-refractivity contribution in [2.45, 2.75) is 12.6 Å². The maximum Gasteiger partial charge on any atom is 0.123 e. The van der Waals surface area contributed by atoms with E-state index in [0.29, 0.717) is 6.54 Å². The summed E-state index contributed by atoms with van der Waals surface area (Å²) in [5.41, 5.74) is 3.00. The summed E-state index contributed by atoms with van der Waals surface area (Å²) in [4.78, 5) is 4.38. The van der Waals surface area contributed by atoms with E-state index < -0.39 is 0 Å². The highest BCUT2D eigenvalue weighted by Crippen LogP contribution is 2.19. The van der Waals surface area contributed by atoms with Crippen molar-refractivity contribution < 1.29 is 4.39 Å². The maximum atomic E-state index is 13.3. The molecule has 0 saturated carbocycles. The topological polar surface area (TPSA) is 29.9 Å². The standard InChI is InChI=1S/C16H16FN3/c1-18-15(12-5-4-6-13(17)9-12)10-20-11-19-14-7-2-3-8-16(14)20/h2-9,11,15,18H,10H2,1H3. The highest BCUT2D eigenvalue weighted by molar-refractivity contribution is 5.74. The second-order valence-corrected chi connectivity index (χ2v) is 4.78. The van der Waals surface area contributed by atoms with Gasteiger partial charge in [-0.1, -0.05) is 24.3 Å². The molecule has 4 heteroatoms. The van der Waals surface area contributed by atoms with Gasteiger partial charge in [0.1, 0.15) is 5.82 Å². The van der Waals surface area contributed by atoms with Gasteiger partial charge in [0.25, 0.3) is 0 Å². The fourth-order valence-corrected chi connectivity index (χ4v) is 2.44. The summed E-state index contributed by atoms with van der Waals surface area (Å²) < 4.78 is 15.4. The van der Waals surface area contributed by atoms with E-state index in [2.05, 4.69) is 14.9 Å². The third-order valence-corrected chi connectivity index (χ3v) is 3.51. The van der Waals surface area contributed by atoms with E-state index >= 15 is 0 Å². The molecule has 0 aliphatic rings. The second-order valence-electron chi connectivity index (χ2n) is 4.78. The first-order valence-electron chi connectivity index (χ1n) is 6.60. The smallest absolute Gasteiger partial charge is 0.123 e. The fourth-order valence-electron chi connectivity index (χ4n) is 2.44. The van der Waals surface area contributed by atoms with E-state index in [1.807, 2.05) is 43.7 Å². The van der Waals surface area contributed by atoms with E-state index in [0.717, 1.165) is 16.6 Å². The van der Waals surface area contributed by atoms with Gasteiger partial charge in [-0.3, -0.25) is 0 Å². The van der Waals surface area contributed by atoms with Crippen molar-refractivity contribution in [2.75, 3.05) is 7.05 Å². The molecule has 1 atom stereocenters. The van der Waals surface area contributed by atoms with Crippen molar-refractivity contribution in [3.8, 4) is 0 Å². The van der Waals surface area contributed by atoms with Crippen LogP contribution in [0, 0.1) is 5.82 Å². The Balaban J connectivity index is 1.92. The van der Waals surface area contributed by atoms with E-state index in [4.69, 9.17) is 0 Å². The number of rotatable bonds is 4. The molecule has 3 rings (SSSR count). The summed E-state index contributed by atoms with van der Waals surface area (Å²) in [6.07, 6.45) is 1.83. The Labute approximate surface area is 117 Å². The van der Waals surface area contributed by atoms with Crippen LogP contribution in [-0.4, -0.2) is 16.6 Å². The van der Waals surface area contributed by atoms with Crippen LogP contribution in [0.5, 0.6) is 0 Å². The van der Waals surface area contributed by atoms with Gasteiger partial charge in [-0.25, -0.2) is 9.37 Å². The number of hydrogen-bond donors (Lipinski definition) is 1. The Morgan fingerprint density at radius 1 is 1.20 bits per heavy atom. The highest BCUT2D eigenvalue weighted by Gasteiger charge is 2.12. The first-order valence-corrected chi connectivity index (χ1v) is 6.60. The number of imidazole rings is 1. The van der Waals surface area contributed by atoms with Crippen molar-refractivity contribution in [1.29, 1.82) is 0 Å². The largest absolute Gasteiger partial charge is 0.329 e. The van der Waals surface area contributed by atoms with Crippen molar-refractivity contribution in [3.05, 3.63) is 66.2 Å². The minimum atomic E-state index is -0.210. The Morgan fingerprint density at radius 2 is 2.05 bits per heavy atom. The van der Waals surface area contributed by atoms with Crippen LogP contribution < -0.4 is 5.32 Å². The van der Waals surface area contributed by atoms with Crippen LogP contribution >= 0.6 is 0 Å². The molecule has 0 radical (unpaired) electrons. The summed E-state index contributed by atoms with van der Waals surface area (Å²) in [7, 11) is 1.88. The minimum absolute atomic E-state index is 0.0447. The molecule has 20 heavy (non-hydrogen) atoms. The molecule has 0 bridgehead atoms. The second kappa shape index (κ2) is 5.43. The average Bonchev–Trinajstić information content (AvgIpc) is 2.88. The van der Waals surface area contributed by atoms with Crippen molar-refractivity contribution in [3.63, 3.8) is 0 Å². The van der Waals surface area contributed by atoms with Crippen LogP contribution in [-0.2, 0) is 6.54 Å². The molecule has 0 fully saturated rings. The van der Waals surface area contributed by atoms with Gasteiger partial charge in [-0.15, -0.1) is 0 Å². The molecule has 102 valence electrons. The van der Waals surface area contributed by atoms with Gasteiger partial charge < -0.3 is 9.88 Å². The lowest BCUT2D eigenvalue weighted by Crippen LogP contribution is -2.21. The zero-order valence-electron chi connectivity index (χ0n) is 11.3. The zero-order valence-corrected chi connectivity index (χ0v) is 11.3. The number of nitrogens with one attached hydrogen (secondary N) is 1. The first-order chi connectivity index (χ1) is 9.78. The Kier molecular flexibility index (Phi) is 3.48. The lowest BCUT2D eigenvalue weighted by atomic mass is 10.1. The Hall–Kier alpha value is -2.20. The third kappa shape index (κ3) is 2.42. The van der Waals surface area contributed by atoms with Gasteiger partial charge in [0.2, 0.25) is 0 Å². The number of nitrogens with zero attached hydrogens (tertiary/aromatic N) is 2. The van der Waals surface area contributed by atoms with Crippen LogP contribution in [0.3, 0.4) is 0 Å². The molecule has 3 nitrogen and oxygen atoms in total. The summed E-state index contributed by atoms with van der Waals surface area (Å²) in [6, 6.07) is 14.7. The number of fused-ring (bicyclic) bond motifs is 1. The molecule has 0 saturated heterocycles. The quantitative estimate of drug-likeness (QED) is 0.788. The SMILES string of the molecule is CNC(Cn1cnc2ccccc21)c1cccc(F)c1. The normalized spacial score (nSPS) is 12.7. The average molecular weight is 269 g/mol. The Morgan fingerprint density at radius 3 is 2.85 bits per heavy atom. The summed E-state index contributed by atoms with van der Waals surface area (Å²) in [5.74, 6) is -0.210. The molecule has 0 aliphatic carbocycles. The molecule has 1 N–H and O–H groups in total. The highest BCUT2D eigenvalue weighted by atomic mass is 19.1. The molecule has 0 amide bonds. The van der Waals surface area contributed by atoms with Crippen LogP contribution in [0.2, 0.25) is 0 Å². The van der Waals surface area contributed by atoms with E-state index in [9.17, 15) is 4.39 Å². The van der Waals surface area contributed by atoms with E-state index in [1.54, 1.807) is 12.1 Å². The van der Waals surface area contributed by atoms with E-state index in [1.165, 1.54) is 6.07 Å². The van der Waals surface area contributed by atoms with Crippen LogP contribution in [0.4, 0.5) is 4.39 Å². The molecular formula is C16H16FN3. The summed E-state index contributed by atoms with van der Waals surface area (Å²) in [5, 5.41) is 3.23. The van der Waals surface area contributed by atoms with Gasteiger partial charge in [0.05, 0.1) is 23.4 Å². The van der Waals surface area contributed by atoms with Gasteiger partial charge in [-0.05, 0) is 36.9 Å². The minimum Gasteiger partial charge on any atom is -0.329 e. The van der Waals surface area contributed by atoms with Crippen LogP contribution in [0.1, 0.15) is 11.6 Å². The lowest BCUT2D eigenvalue weighted by Gasteiger charge is -2.18. The van der Waals surface area contributed by atoms with Gasteiger partial charge in [0, 0.05) is 6.54 Å². The molecule has 1 aromatic heterocycles. The molecule has 1 heterocycles. The molecular weight excluding hydrogens is 253 g/mol. The van der Waals surface area contributed by atoms with Crippen molar-refractivity contribution in [2.24, 2.45) is 0 Å².